The zero-order valence-electron chi connectivity index (χ0n) is 10.8. The summed E-state index contributed by atoms with van der Waals surface area (Å²) in [4.78, 5) is 16.1. The number of nitrogens with zero attached hydrogens (tertiary/aromatic N) is 2. The van der Waals surface area contributed by atoms with Crippen LogP contribution in [0, 0.1) is 0 Å². The fourth-order valence-corrected chi connectivity index (χ4v) is 2.36. The Kier molecular flexibility index (Phi) is 5.77. The van der Waals surface area contributed by atoms with Crippen LogP contribution >= 0.6 is 0 Å². The topological polar surface area (TPSA) is 35.6 Å². The average Bonchev–Trinajstić information content (AvgIpc) is 2.72. The van der Waals surface area contributed by atoms with Gasteiger partial charge in [0.2, 0.25) is 5.91 Å². The molecule has 0 aromatic rings. The van der Waals surface area contributed by atoms with Gasteiger partial charge in [-0.05, 0) is 33.0 Å². The van der Waals surface area contributed by atoms with Crippen molar-refractivity contribution in [2.75, 3.05) is 40.3 Å². The minimum atomic E-state index is 0.248. The van der Waals surface area contributed by atoms with E-state index in [1.165, 1.54) is 19.4 Å². The molecule has 1 rings (SSSR count). The molecule has 94 valence electrons. The first-order valence-electron chi connectivity index (χ1n) is 6.31. The maximum atomic E-state index is 11.8. The van der Waals surface area contributed by atoms with Crippen LogP contribution in [0.1, 0.15) is 26.2 Å². The van der Waals surface area contributed by atoms with Gasteiger partial charge in [0.25, 0.3) is 0 Å². The Labute approximate surface area is 99.0 Å². The van der Waals surface area contributed by atoms with E-state index in [4.69, 9.17) is 0 Å². The van der Waals surface area contributed by atoms with E-state index in [2.05, 4.69) is 17.1 Å². The van der Waals surface area contributed by atoms with Crippen molar-refractivity contribution < 1.29 is 4.79 Å². The fraction of sp³-hybridized carbons (Fsp3) is 0.917. The Morgan fingerprint density at radius 2 is 2.31 bits per heavy atom. The maximum Gasteiger partial charge on any atom is 0.223 e. The van der Waals surface area contributed by atoms with Crippen molar-refractivity contribution in [3.05, 3.63) is 0 Å². The second-order valence-corrected chi connectivity index (χ2v) is 4.55. The summed E-state index contributed by atoms with van der Waals surface area (Å²) in [6, 6.07) is 0.577. The van der Waals surface area contributed by atoms with Crippen molar-refractivity contribution in [1.82, 2.24) is 15.1 Å². The quantitative estimate of drug-likeness (QED) is 0.719. The van der Waals surface area contributed by atoms with Gasteiger partial charge in [0.05, 0.1) is 0 Å². The molecule has 1 aliphatic heterocycles. The van der Waals surface area contributed by atoms with Crippen molar-refractivity contribution in [3.63, 3.8) is 0 Å². The molecule has 0 radical (unpaired) electrons. The van der Waals surface area contributed by atoms with E-state index in [-0.39, 0.29) is 5.91 Å². The summed E-state index contributed by atoms with van der Waals surface area (Å²) in [5.41, 5.74) is 0. The van der Waals surface area contributed by atoms with E-state index in [0.29, 0.717) is 12.5 Å². The number of hydrogen-bond acceptors (Lipinski definition) is 3. The SMILES string of the molecule is CCN1CCCC1CN(C)C(=O)CCNC. The van der Waals surface area contributed by atoms with Gasteiger partial charge in [0.1, 0.15) is 0 Å². The Morgan fingerprint density at radius 1 is 1.56 bits per heavy atom. The van der Waals surface area contributed by atoms with E-state index < -0.39 is 0 Å². The monoisotopic (exact) mass is 227 g/mol. The average molecular weight is 227 g/mol. The highest BCUT2D eigenvalue weighted by Crippen LogP contribution is 2.17. The zero-order valence-corrected chi connectivity index (χ0v) is 10.8. The number of rotatable bonds is 6. The summed E-state index contributed by atoms with van der Waals surface area (Å²) in [6.07, 6.45) is 3.11. The number of likely N-dealkylation sites (N-methyl/N-ethyl adjacent to an activating group) is 2. The number of amides is 1. The molecule has 1 amide bonds. The van der Waals surface area contributed by atoms with Crippen LogP contribution in [0.3, 0.4) is 0 Å². The lowest BCUT2D eigenvalue weighted by atomic mass is 10.2. The second-order valence-electron chi connectivity index (χ2n) is 4.55. The third kappa shape index (κ3) is 3.76. The number of hydrogen-bond donors (Lipinski definition) is 1. The summed E-state index contributed by atoms with van der Waals surface area (Å²) in [5, 5.41) is 3.01. The minimum absolute atomic E-state index is 0.248. The van der Waals surface area contributed by atoms with Gasteiger partial charge in [0.15, 0.2) is 0 Å². The molecule has 0 aliphatic carbocycles. The van der Waals surface area contributed by atoms with Gasteiger partial charge >= 0.3 is 0 Å². The predicted octanol–water partition coefficient (Wildman–Crippen LogP) is 0.539. The highest BCUT2D eigenvalue weighted by Gasteiger charge is 2.25. The largest absolute Gasteiger partial charge is 0.344 e. The van der Waals surface area contributed by atoms with Gasteiger partial charge < -0.3 is 10.2 Å². The summed E-state index contributed by atoms with van der Waals surface area (Å²) >= 11 is 0. The standard InChI is InChI=1S/C12H25N3O/c1-4-15-9-5-6-11(15)10-14(3)12(16)7-8-13-2/h11,13H,4-10H2,1-3H3. The molecule has 1 saturated heterocycles. The minimum Gasteiger partial charge on any atom is -0.344 e. The highest BCUT2D eigenvalue weighted by molar-refractivity contribution is 5.76. The molecule has 1 heterocycles. The van der Waals surface area contributed by atoms with Gasteiger partial charge in [0, 0.05) is 32.6 Å². The van der Waals surface area contributed by atoms with Crippen molar-refractivity contribution in [2.45, 2.75) is 32.2 Å². The summed E-state index contributed by atoms with van der Waals surface area (Å²) in [5.74, 6) is 0.248. The van der Waals surface area contributed by atoms with Crippen LogP contribution in [0.4, 0.5) is 0 Å². The van der Waals surface area contributed by atoms with Crippen LogP contribution in [-0.2, 0) is 4.79 Å². The van der Waals surface area contributed by atoms with E-state index in [9.17, 15) is 4.79 Å². The molecule has 0 spiro atoms. The number of carbonyl (C=O) groups is 1. The third-order valence-electron chi connectivity index (χ3n) is 3.40. The highest BCUT2D eigenvalue weighted by atomic mass is 16.2. The molecular formula is C12H25N3O. The summed E-state index contributed by atoms with van der Waals surface area (Å²) < 4.78 is 0. The van der Waals surface area contributed by atoms with Crippen LogP contribution in [0.15, 0.2) is 0 Å². The Balaban J connectivity index is 2.32. The van der Waals surface area contributed by atoms with E-state index >= 15 is 0 Å². The molecule has 1 N–H and O–H groups in total. The smallest absolute Gasteiger partial charge is 0.223 e. The molecule has 1 unspecified atom stereocenters. The number of nitrogens with one attached hydrogen (secondary N) is 1. The molecule has 1 fully saturated rings. The van der Waals surface area contributed by atoms with Crippen molar-refractivity contribution in [1.29, 1.82) is 0 Å². The van der Waals surface area contributed by atoms with E-state index in [1.807, 2.05) is 19.0 Å². The van der Waals surface area contributed by atoms with Crippen molar-refractivity contribution in [3.8, 4) is 0 Å². The van der Waals surface area contributed by atoms with Crippen LogP contribution < -0.4 is 5.32 Å². The van der Waals surface area contributed by atoms with Gasteiger partial charge in [-0.15, -0.1) is 0 Å². The fourth-order valence-electron chi connectivity index (χ4n) is 2.36. The van der Waals surface area contributed by atoms with Crippen LogP contribution in [0.2, 0.25) is 0 Å². The van der Waals surface area contributed by atoms with Crippen molar-refractivity contribution in [2.24, 2.45) is 0 Å². The second kappa shape index (κ2) is 6.86. The van der Waals surface area contributed by atoms with Gasteiger partial charge in [-0.25, -0.2) is 0 Å². The molecule has 4 nitrogen and oxygen atoms in total. The van der Waals surface area contributed by atoms with E-state index in [1.54, 1.807) is 0 Å². The molecule has 0 aromatic heterocycles. The zero-order chi connectivity index (χ0) is 12.0. The third-order valence-corrected chi connectivity index (χ3v) is 3.40. The summed E-state index contributed by atoms with van der Waals surface area (Å²) in [7, 11) is 3.80. The first kappa shape index (κ1) is 13.5. The lowest BCUT2D eigenvalue weighted by Gasteiger charge is -2.27. The van der Waals surface area contributed by atoms with E-state index in [0.717, 1.165) is 19.6 Å². The Morgan fingerprint density at radius 3 is 2.94 bits per heavy atom. The molecule has 0 bridgehead atoms. The van der Waals surface area contributed by atoms with Gasteiger partial charge in [-0.2, -0.15) is 0 Å². The van der Waals surface area contributed by atoms with Crippen LogP contribution in [0.25, 0.3) is 0 Å². The maximum absolute atomic E-state index is 11.8. The van der Waals surface area contributed by atoms with Gasteiger partial charge in [-0.3, -0.25) is 9.69 Å². The molecule has 1 aliphatic rings. The van der Waals surface area contributed by atoms with Crippen LogP contribution in [0.5, 0.6) is 0 Å². The first-order chi connectivity index (χ1) is 7.69. The van der Waals surface area contributed by atoms with Crippen molar-refractivity contribution >= 4 is 5.91 Å². The lowest BCUT2D eigenvalue weighted by Crippen LogP contribution is -2.41. The lowest BCUT2D eigenvalue weighted by molar-refractivity contribution is -0.130. The predicted molar refractivity (Wildman–Crippen MR) is 66.4 cm³/mol. The summed E-state index contributed by atoms with van der Waals surface area (Å²) in [6.45, 7) is 6.14. The molecule has 1 atom stereocenters. The van der Waals surface area contributed by atoms with Gasteiger partial charge in [-0.1, -0.05) is 6.92 Å². The Bertz CT molecular complexity index is 220. The Hall–Kier alpha value is -0.610. The molecular weight excluding hydrogens is 202 g/mol. The molecule has 16 heavy (non-hydrogen) atoms. The molecule has 0 aromatic carbocycles. The van der Waals surface area contributed by atoms with Crippen LogP contribution in [-0.4, -0.2) is 62.0 Å². The molecule has 0 saturated carbocycles. The number of carbonyl (C=O) groups excluding carboxylic acids is 1. The number of likely N-dealkylation sites (tertiary alicyclic amines) is 1. The normalized spacial score (nSPS) is 21.3. The first-order valence-corrected chi connectivity index (χ1v) is 6.31. The molecule has 4 heteroatoms.